The van der Waals surface area contributed by atoms with Gasteiger partial charge in [-0.15, -0.1) is 0 Å². The van der Waals surface area contributed by atoms with E-state index in [1.807, 2.05) is 0 Å². The first-order valence-electron chi connectivity index (χ1n) is 10.9. The molecular formula is C29H26N2. The molecule has 4 aromatic carbocycles. The minimum Gasteiger partial charge on any atom is -0.364 e. The molecule has 0 radical (unpaired) electrons. The summed E-state index contributed by atoms with van der Waals surface area (Å²) < 4.78 is 0. The standard InChI is InChI=1S/C29H26N2/c1-5-13-22(14-6-1)26(23-15-7-2-8-16-23)21-27-30-28(24-17-9-3-10-18-24)29(31-27)25-19-11-4-12-20-25/h1-20,26,28-29H,21H2,(H,30,31). The molecule has 1 aliphatic rings. The highest BCUT2D eigenvalue weighted by atomic mass is 15.1. The summed E-state index contributed by atoms with van der Waals surface area (Å²) in [6.45, 7) is 0. The number of benzene rings is 4. The molecule has 31 heavy (non-hydrogen) atoms. The summed E-state index contributed by atoms with van der Waals surface area (Å²) in [6, 6.07) is 43.0. The number of nitrogens with zero attached hydrogens (tertiary/aromatic N) is 1. The summed E-state index contributed by atoms with van der Waals surface area (Å²) in [5.41, 5.74) is 5.15. The van der Waals surface area contributed by atoms with Gasteiger partial charge in [0, 0.05) is 12.3 Å². The van der Waals surface area contributed by atoms with Crippen LogP contribution in [0.2, 0.25) is 0 Å². The Labute approximate surface area is 184 Å². The molecule has 2 unspecified atom stereocenters. The minimum absolute atomic E-state index is 0.0748. The molecule has 0 spiro atoms. The molecule has 152 valence electrons. The number of hydrogen-bond donors (Lipinski definition) is 1. The zero-order valence-electron chi connectivity index (χ0n) is 17.4. The quantitative estimate of drug-likeness (QED) is 0.382. The number of hydrogen-bond acceptors (Lipinski definition) is 2. The topological polar surface area (TPSA) is 24.4 Å². The highest BCUT2D eigenvalue weighted by molar-refractivity contribution is 5.86. The lowest BCUT2D eigenvalue weighted by molar-refractivity contribution is 0.571. The van der Waals surface area contributed by atoms with Gasteiger partial charge in [-0.05, 0) is 22.3 Å². The molecule has 5 rings (SSSR count). The SMILES string of the molecule is c1ccc(C(CC2=NC(c3ccccc3)C(c3ccccc3)N2)c2ccccc2)cc1. The number of rotatable bonds is 6. The summed E-state index contributed by atoms with van der Waals surface area (Å²) in [5, 5.41) is 3.78. The van der Waals surface area contributed by atoms with E-state index in [1.54, 1.807) is 0 Å². The van der Waals surface area contributed by atoms with E-state index in [1.165, 1.54) is 22.3 Å². The Morgan fingerprint density at radius 2 is 1.03 bits per heavy atom. The molecule has 0 fully saturated rings. The Hall–Kier alpha value is -3.65. The first-order valence-corrected chi connectivity index (χ1v) is 10.9. The number of aliphatic imine (C=N–C) groups is 1. The molecule has 4 aromatic rings. The van der Waals surface area contributed by atoms with Crippen molar-refractivity contribution in [3.63, 3.8) is 0 Å². The fraction of sp³-hybridized carbons (Fsp3) is 0.138. The molecule has 2 nitrogen and oxygen atoms in total. The van der Waals surface area contributed by atoms with Gasteiger partial charge in [0.1, 0.15) is 6.04 Å². The van der Waals surface area contributed by atoms with Crippen molar-refractivity contribution >= 4 is 5.84 Å². The van der Waals surface area contributed by atoms with Gasteiger partial charge >= 0.3 is 0 Å². The number of nitrogens with one attached hydrogen (secondary N) is 1. The van der Waals surface area contributed by atoms with Crippen LogP contribution in [-0.2, 0) is 0 Å². The van der Waals surface area contributed by atoms with Crippen LogP contribution in [0.15, 0.2) is 126 Å². The molecule has 0 aliphatic carbocycles. The summed E-state index contributed by atoms with van der Waals surface area (Å²) in [6.07, 6.45) is 0.848. The molecule has 0 saturated heterocycles. The lowest BCUT2D eigenvalue weighted by Gasteiger charge is -2.21. The van der Waals surface area contributed by atoms with Crippen LogP contribution in [-0.4, -0.2) is 5.84 Å². The van der Waals surface area contributed by atoms with Gasteiger partial charge in [0.2, 0.25) is 0 Å². The van der Waals surface area contributed by atoms with E-state index in [0.29, 0.717) is 0 Å². The Morgan fingerprint density at radius 3 is 1.55 bits per heavy atom. The molecule has 0 amide bonds. The second-order valence-electron chi connectivity index (χ2n) is 8.04. The van der Waals surface area contributed by atoms with E-state index >= 15 is 0 Å². The largest absolute Gasteiger partial charge is 0.364 e. The van der Waals surface area contributed by atoms with Crippen LogP contribution in [0.1, 0.15) is 46.7 Å². The van der Waals surface area contributed by atoms with Crippen molar-refractivity contribution in [3.8, 4) is 0 Å². The highest BCUT2D eigenvalue weighted by Crippen LogP contribution is 2.38. The predicted molar refractivity (Wildman–Crippen MR) is 128 cm³/mol. The van der Waals surface area contributed by atoms with Crippen LogP contribution in [0.4, 0.5) is 0 Å². The Morgan fingerprint density at radius 1 is 0.581 bits per heavy atom. The lowest BCUT2D eigenvalue weighted by Crippen LogP contribution is -2.26. The van der Waals surface area contributed by atoms with Crippen LogP contribution >= 0.6 is 0 Å². The monoisotopic (exact) mass is 402 g/mol. The van der Waals surface area contributed by atoms with Crippen molar-refractivity contribution < 1.29 is 0 Å². The summed E-state index contributed by atoms with van der Waals surface area (Å²) >= 11 is 0. The van der Waals surface area contributed by atoms with Gasteiger partial charge in [-0.25, -0.2) is 0 Å². The first kappa shape index (κ1) is 19.3. The summed E-state index contributed by atoms with van der Waals surface area (Å²) in [4.78, 5) is 5.21. The fourth-order valence-electron chi connectivity index (χ4n) is 4.49. The Kier molecular flexibility index (Phi) is 5.62. The van der Waals surface area contributed by atoms with Crippen molar-refractivity contribution in [2.75, 3.05) is 0 Å². The zero-order valence-corrected chi connectivity index (χ0v) is 17.4. The van der Waals surface area contributed by atoms with Gasteiger partial charge in [-0.2, -0.15) is 0 Å². The van der Waals surface area contributed by atoms with Crippen LogP contribution in [0.25, 0.3) is 0 Å². The normalized spacial score (nSPS) is 17.9. The van der Waals surface area contributed by atoms with Crippen molar-refractivity contribution in [1.29, 1.82) is 0 Å². The Bertz CT molecular complexity index is 1080. The lowest BCUT2D eigenvalue weighted by atomic mass is 9.88. The van der Waals surface area contributed by atoms with Crippen LogP contribution in [0, 0.1) is 0 Å². The van der Waals surface area contributed by atoms with Crippen molar-refractivity contribution in [3.05, 3.63) is 144 Å². The van der Waals surface area contributed by atoms with Crippen LogP contribution in [0.5, 0.6) is 0 Å². The van der Waals surface area contributed by atoms with Gasteiger partial charge in [0.05, 0.1) is 11.9 Å². The van der Waals surface area contributed by atoms with E-state index in [4.69, 9.17) is 4.99 Å². The molecule has 2 atom stereocenters. The minimum atomic E-state index is 0.0748. The van der Waals surface area contributed by atoms with E-state index in [0.717, 1.165) is 12.3 Å². The zero-order chi connectivity index (χ0) is 20.9. The predicted octanol–water partition coefficient (Wildman–Crippen LogP) is 6.69. The molecule has 0 saturated carbocycles. The number of amidine groups is 1. The third-order valence-corrected chi connectivity index (χ3v) is 6.03. The average Bonchev–Trinajstić information content (AvgIpc) is 3.29. The maximum absolute atomic E-state index is 5.21. The van der Waals surface area contributed by atoms with Crippen molar-refractivity contribution in [1.82, 2.24) is 5.32 Å². The maximum atomic E-state index is 5.21. The molecule has 0 bridgehead atoms. The fourth-order valence-corrected chi connectivity index (χ4v) is 4.49. The molecular weight excluding hydrogens is 376 g/mol. The third kappa shape index (κ3) is 4.29. The van der Waals surface area contributed by atoms with E-state index in [9.17, 15) is 0 Å². The van der Waals surface area contributed by atoms with Gasteiger partial charge in [-0.1, -0.05) is 121 Å². The first-order chi connectivity index (χ1) is 15.4. The van der Waals surface area contributed by atoms with Crippen LogP contribution < -0.4 is 5.32 Å². The average molecular weight is 403 g/mol. The van der Waals surface area contributed by atoms with Gasteiger partial charge < -0.3 is 5.32 Å². The molecule has 0 aromatic heterocycles. The van der Waals surface area contributed by atoms with Crippen LogP contribution in [0.3, 0.4) is 0 Å². The highest BCUT2D eigenvalue weighted by Gasteiger charge is 2.32. The van der Waals surface area contributed by atoms with E-state index in [-0.39, 0.29) is 18.0 Å². The molecule has 2 heteroatoms. The Balaban J connectivity index is 1.49. The molecule has 1 N–H and O–H groups in total. The van der Waals surface area contributed by atoms with E-state index < -0.39 is 0 Å². The molecule has 1 heterocycles. The second kappa shape index (κ2) is 9.01. The van der Waals surface area contributed by atoms with E-state index in [2.05, 4.69) is 127 Å². The van der Waals surface area contributed by atoms with Gasteiger partial charge in [-0.3, -0.25) is 4.99 Å². The molecule has 1 aliphatic heterocycles. The van der Waals surface area contributed by atoms with Gasteiger partial charge in [0.25, 0.3) is 0 Å². The summed E-state index contributed by atoms with van der Waals surface area (Å²) in [7, 11) is 0. The summed E-state index contributed by atoms with van der Waals surface area (Å²) in [5.74, 6) is 1.33. The smallest absolute Gasteiger partial charge is 0.101 e. The van der Waals surface area contributed by atoms with Crippen molar-refractivity contribution in [2.24, 2.45) is 4.99 Å². The second-order valence-corrected chi connectivity index (χ2v) is 8.04. The van der Waals surface area contributed by atoms with Crippen molar-refractivity contribution in [2.45, 2.75) is 24.4 Å². The third-order valence-electron chi connectivity index (χ3n) is 6.03. The maximum Gasteiger partial charge on any atom is 0.101 e. The van der Waals surface area contributed by atoms with Gasteiger partial charge in [0.15, 0.2) is 0 Å².